The Balaban J connectivity index is 2.61. The molecule has 0 fully saturated rings. The molecule has 1 aromatic heterocycles. The van der Waals surface area contributed by atoms with Gasteiger partial charge in [0, 0.05) is 28.0 Å². The molecule has 0 aliphatic carbocycles. The molecular weight excluding hydrogens is 220 g/mol. The van der Waals surface area contributed by atoms with Gasteiger partial charge in [-0.1, -0.05) is 0 Å². The summed E-state index contributed by atoms with van der Waals surface area (Å²) in [5.74, 6) is 0.672. The van der Waals surface area contributed by atoms with Crippen molar-refractivity contribution < 1.29 is 4.74 Å². The highest BCUT2D eigenvalue weighted by atomic mass is 79.9. The summed E-state index contributed by atoms with van der Waals surface area (Å²) < 4.78 is 6.07. The number of ether oxygens (including phenoxy) is 1. The quantitative estimate of drug-likeness (QED) is 0.732. The Morgan fingerprint density at radius 3 is 3.17 bits per heavy atom. The van der Waals surface area contributed by atoms with E-state index in [1.165, 1.54) is 0 Å². The van der Waals surface area contributed by atoms with E-state index in [1.807, 2.05) is 6.21 Å². The van der Waals surface area contributed by atoms with Gasteiger partial charge in [0.05, 0.1) is 13.7 Å². The SMILES string of the molecule is COc1ncc(Br)c2c1CN=C2. The summed E-state index contributed by atoms with van der Waals surface area (Å²) in [7, 11) is 1.62. The molecule has 0 unspecified atom stereocenters. The second-order valence-electron chi connectivity index (χ2n) is 2.48. The van der Waals surface area contributed by atoms with Gasteiger partial charge in [-0.15, -0.1) is 0 Å². The molecule has 62 valence electrons. The highest BCUT2D eigenvalue weighted by Gasteiger charge is 2.15. The fourth-order valence-electron chi connectivity index (χ4n) is 1.22. The Hall–Kier alpha value is -0.900. The second-order valence-corrected chi connectivity index (χ2v) is 3.33. The average Bonchev–Trinajstić information content (AvgIpc) is 2.54. The molecule has 1 aromatic rings. The highest BCUT2D eigenvalue weighted by Crippen LogP contribution is 2.28. The maximum atomic E-state index is 5.10. The number of aliphatic imine (C=N–C) groups is 1. The van der Waals surface area contributed by atoms with Crippen LogP contribution < -0.4 is 4.74 Å². The van der Waals surface area contributed by atoms with E-state index >= 15 is 0 Å². The molecule has 1 aliphatic heterocycles. The van der Waals surface area contributed by atoms with Crippen LogP contribution in [0.25, 0.3) is 0 Å². The van der Waals surface area contributed by atoms with Crippen molar-refractivity contribution in [3.63, 3.8) is 0 Å². The van der Waals surface area contributed by atoms with Crippen LogP contribution in [0.5, 0.6) is 5.88 Å². The zero-order valence-electron chi connectivity index (χ0n) is 6.54. The third kappa shape index (κ3) is 1.03. The topological polar surface area (TPSA) is 34.5 Å². The van der Waals surface area contributed by atoms with E-state index in [9.17, 15) is 0 Å². The molecule has 0 aromatic carbocycles. The third-order valence-corrected chi connectivity index (χ3v) is 2.43. The van der Waals surface area contributed by atoms with Crippen molar-refractivity contribution in [3.8, 4) is 5.88 Å². The molecule has 2 rings (SSSR count). The number of nitrogens with zero attached hydrogens (tertiary/aromatic N) is 2. The van der Waals surface area contributed by atoms with E-state index in [-0.39, 0.29) is 0 Å². The van der Waals surface area contributed by atoms with Gasteiger partial charge in [-0.05, 0) is 15.9 Å². The fourth-order valence-corrected chi connectivity index (χ4v) is 1.66. The zero-order valence-corrected chi connectivity index (χ0v) is 8.13. The lowest BCUT2D eigenvalue weighted by Crippen LogP contribution is -1.95. The van der Waals surface area contributed by atoms with E-state index in [2.05, 4.69) is 25.9 Å². The molecule has 1 aliphatic rings. The van der Waals surface area contributed by atoms with Crippen LogP contribution >= 0.6 is 15.9 Å². The largest absolute Gasteiger partial charge is 0.481 e. The number of pyridine rings is 1. The summed E-state index contributed by atoms with van der Waals surface area (Å²) in [4.78, 5) is 8.27. The number of methoxy groups -OCH3 is 1. The minimum atomic E-state index is 0.672. The number of fused-ring (bicyclic) bond motifs is 1. The van der Waals surface area contributed by atoms with Crippen LogP contribution in [-0.2, 0) is 6.54 Å². The van der Waals surface area contributed by atoms with Crippen molar-refractivity contribution in [1.29, 1.82) is 0 Å². The number of hydrogen-bond donors (Lipinski definition) is 0. The summed E-state index contributed by atoms with van der Waals surface area (Å²) in [5.41, 5.74) is 2.15. The van der Waals surface area contributed by atoms with Gasteiger partial charge in [-0.2, -0.15) is 0 Å². The number of aromatic nitrogens is 1. The van der Waals surface area contributed by atoms with Crippen molar-refractivity contribution >= 4 is 22.1 Å². The van der Waals surface area contributed by atoms with Crippen LogP contribution in [0.2, 0.25) is 0 Å². The van der Waals surface area contributed by atoms with Crippen molar-refractivity contribution in [1.82, 2.24) is 4.98 Å². The van der Waals surface area contributed by atoms with E-state index in [0.717, 1.165) is 15.6 Å². The smallest absolute Gasteiger partial charge is 0.218 e. The molecule has 4 heteroatoms. The van der Waals surface area contributed by atoms with Gasteiger partial charge in [0.1, 0.15) is 0 Å². The Morgan fingerprint density at radius 1 is 1.58 bits per heavy atom. The summed E-state index contributed by atoms with van der Waals surface area (Å²) in [6, 6.07) is 0. The summed E-state index contributed by atoms with van der Waals surface area (Å²) in [6.07, 6.45) is 3.57. The lowest BCUT2D eigenvalue weighted by molar-refractivity contribution is 0.393. The van der Waals surface area contributed by atoms with E-state index in [0.29, 0.717) is 12.4 Å². The average molecular weight is 227 g/mol. The second kappa shape index (κ2) is 2.86. The van der Waals surface area contributed by atoms with Gasteiger partial charge in [-0.25, -0.2) is 4.98 Å². The lowest BCUT2D eigenvalue weighted by Gasteiger charge is -2.05. The summed E-state index contributed by atoms with van der Waals surface area (Å²) in [6.45, 7) is 0.672. The van der Waals surface area contributed by atoms with Crippen LogP contribution in [0.4, 0.5) is 0 Å². The van der Waals surface area contributed by atoms with Gasteiger partial charge in [0.15, 0.2) is 0 Å². The number of rotatable bonds is 1. The van der Waals surface area contributed by atoms with Gasteiger partial charge in [0.2, 0.25) is 5.88 Å². The zero-order chi connectivity index (χ0) is 8.55. The molecule has 0 N–H and O–H groups in total. The number of halogens is 1. The maximum Gasteiger partial charge on any atom is 0.218 e. The minimum absolute atomic E-state index is 0.672. The predicted octanol–water partition coefficient (Wildman–Crippen LogP) is 1.79. The van der Waals surface area contributed by atoms with Crippen molar-refractivity contribution in [2.45, 2.75) is 6.54 Å². The van der Waals surface area contributed by atoms with E-state index in [1.54, 1.807) is 13.3 Å². The van der Waals surface area contributed by atoms with E-state index < -0.39 is 0 Å². The normalized spacial score (nSPS) is 13.2. The lowest BCUT2D eigenvalue weighted by atomic mass is 10.2. The summed E-state index contributed by atoms with van der Waals surface area (Å²) in [5, 5.41) is 0. The molecule has 0 bridgehead atoms. The molecule has 0 saturated carbocycles. The Labute approximate surface area is 78.6 Å². The Morgan fingerprint density at radius 2 is 2.42 bits per heavy atom. The molecule has 3 nitrogen and oxygen atoms in total. The maximum absolute atomic E-state index is 5.10. The molecule has 2 heterocycles. The number of hydrogen-bond acceptors (Lipinski definition) is 3. The van der Waals surface area contributed by atoms with Crippen molar-refractivity contribution in [2.75, 3.05) is 7.11 Å². The monoisotopic (exact) mass is 226 g/mol. The molecule has 0 radical (unpaired) electrons. The third-order valence-electron chi connectivity index (χ3n) is 1.80. The molecule has 0 atom stereocenters. The first-order valence-corrected chi connectivity index (χ1v) is 4.33. The molecular formula is C8H7BrN2O. The first-order valence-electron chi connectivity index (χ1n) is 3.54. The van der Waals surface area contributed by atoms with Crippen LogP contribution in [0.15, 0.2) is 15.7 Å². The summed E-state index contributed by atoms with van der Waals surface area (Å²) >= 11 is 3.40. The minimum Gasteiger partial charge on any atom is -0.481 e. The van der Waals surface area contributed by atoms with Crippen LogP contribution in [0, 0.1) is 0 Å². The van der Waals surface area contributed by atoms with Crippen LogP contribution in [0.1, 0.15) is 11.1 Å². The molecule has 0 saturated heterocycles. The van der Waals surface area contributed by atoms with Gasteiger partial charge in [-0.3, -0.25) is 4.99 Å². The first kappa shape index (κ1) is 7.73. The first-order chi connectivity index (χ1) is 5.83. The van der Waals surface area contributed by atoms with Gasteiger partial charge in [0.25, 0.3) is 0 Å². The van der Waals surface area contributed by atoms with Gasteiger partial charge < -0.3 is 4.74 Å². The van der Waals surface area contributed by atoms with Crippen LogP contribution in [-0.4, -0.2) is 18.3 Å². The predicted molar refractivity (Wildman–Crippen MR) is 49.8 cm³/mol. The molecule has 0 amide bonds. The van der Waals surface area contributed by atoms with Crippen LogP contribution in [0.3, 0.4) is 0 Å². The van der Waals surface area contributed by atoms with Crippen molar-refractivity contribution in [2.24, 2.45) is 4.99 Å². The Kier molecular flexibility index (Phi) is 1.84. The van der Waals surface area contributed by atoms with E-state index in [4.69, 9.17) is 4.74 Å². The van der Waals surface area contributed by atoms with Gasteiger partial charge >= 0.3 is 0 Å². The molecule has 12 heavy (non-hydrogen) atoms. The Bertz CT molecular complexity index is 349. The molecule has 0 spiro atoms. The van der Waals surface area contributed by atoms with Crippen molar-refractivity contribution in [3.05, 3.63) is 21.8 Å². The fraction of sp³-hybridized carbons (Fsp3) is 0.250. The standard InChI is InChI=1S/C8H7BrN2O/c1-12-8-6-3-10-2-5(6)7(9)4-11-8/h2,4H,3H2,1H3. The highest BCUT2D eigenvalue weighted by molar-refractivity contribution is 9.10.